The van der Waals surface area contributed by atoms with Gasteiger partial charge in [-0.3, -0.25) is 9.71 Å². The molecule has 2 N–H and O–H groups in total. The highest BCUT2D eigenvalue weighted by atomic mass is 32.2. The fraction of sp³-hybridized carbons (Fsp3) is 0.333. The minimum atomic E-state index is -3.75. The average Bonchev–Trinajstić information content (AvgIpc) is 2.92. The Hall–Kier alpha value is -3.95. The van der Waals surface area contributed by atoms with E-state index in [2.05, 4.69) is 9.71 Å². The molecule has 0 spiro atoms. The van der Waals surface area contributed by atoms with Crippen molar-refractivity contribution in [3.63, 3.8) is 0 Å². The number of aromatic nitrogens is 1. The third-order valence-corrected chi connectivity index (χ3v) is 7.94. The molecule has 2 heterocycles. The number of sulfonamides is 1. The van der Waals surface area contributed by atoms with Crippen molar-refractivity contribution in [1.82, 2.24) is 4.98 Å². The molecule has 1 aromatic heterocycles. The lowest BCUT2D eigenvalue weighted by Gasteiger charge is -2.31. The Bertz CT molecular complexity index is 1810. The number of nitrogens with zero attached hydrogens (tertiary/aromatic N) is 1. The van der Waals surface area contributed by atoms with Crippen LogP contribution in [0.15, 0.2) is 54.7 Å². The van der Waals surface area contributed by atoms with Crippen molar-refractivity contribution in [2.45, 2.75) is 59.2 Å². The zero-order chi connectivity index (χ0) is 30.4. The van der Waals surface area contributed by atoms with Gasteiger partial charge in [-0.25, -0.2) is 13.2 Å². The summed E-state index contributed by atoms with van der Waals surface area (Å²) in [5.41, 5.74) is 5.75. The minimum absolute atomic E-state index is 0.302. The first kappa shape index (κ1) is 29.5. The van der Waals surface area contributed by atoms with Crippen LogP contribution < -0.4 is 9.46 Å². The van der Waals surface area contributed by atoms with Gasteiger partial charge in [0.25, 0.3) is 0 Å². The third kappa shape index (κ3) is 5.98. The van der Waals surface area contributed by atoms with Gasteiger partial charge in [0, 0.05) is 28.3 Å². The molecule has 4 aromatic rings. The molecule has 1 unspecified atom stereocenters. The monoisotopic (exact) mass is 588 g/mol. The number of carboxylic acids is 1. The van der Waals surface area contributed by atoms with Crippen molar-refractivity contribution < 1.29 is 27.8 Å². The van der Waals surface area contributed by atoms with Gasteiger partial charge in [-0.05, 0) is 99.5 Å². The number of hydrogen-bond acceptors (Lipinski definition) is 6. The van der Waals surface area contributed by atoms with E-state index in [0.717, 1.165) is 46.9 Å². The van der Waals surface area contributed by atoms with Gasteiger partial charge in [-0.15, -0.1) is 0 Å². The Labute approximate surface area is 246 Å². The molecule has 0 saturated carbocycles. The number of nitrogens with one attached hydrogen (secondary N) is 1. The zero-order valence-electron chi connectivity index (χ0n) is 24.7. The van der Waals surface area contributed by atoms with E-state index in [0.29, 0.717) is 45.7 Å². The second-order valence-electron chi connectivity index (χ2n) is 11.8. The fourth-order valence-corrected chi connectivity index (χ4v) is 6.33. The summed E-state index contributed by atoms with van der Waals surface area (Å²) >= 11 is 0. The highest BCUT2D eigenvalue weighted by molar-refractivity contribution is 7.92. The van der Waals surface area contributed by atoms with Crippen molar-refractivity contribution in [2.75, 3.05) is 17.6 Å². The van der Waals surface area contributed by atoms with Crippen LogP contribution in [0.3, 0.4) is 0 Å². The predicted octanol–water partition coefficient (Wildman–Crippen LogP) is 6.82. The van der Waals surface area contributed by atoms with Crippen LogP contribution in [-0.2, 0) is 26.0 Å². The van der Waals surface area contributed by atoms with Crippen molar-refractivity contribution in [1.29, 1.82) is 0 Å². The quantitative estimate of drug-likeness (QED) is 0.243. The summed E-state index contributed by atoms with van der Waals surface area (Å²) < 4.78 is 40.2. The Morgan fingerprint density at radius 3 is 2.48 bits per heavy atom. The summed E-state index contributed by atoms with van der Waals surface area (Å²) in [5, 5.41) is 11.4. The number of pyridine rings is 1. The van der Waals surface area contributed by atoms with Gasteiger partial charge in [0.15, 0.2) is 6.10 Å². The lowest BCUT2D eigenvalue weighted by Crippen LogP contribution is -2.29. The Morgan fingerprint density at radius 1 is 1.05 bits per heavy atom. The third-order valence-electron chi connectivity index (χ3n) is 7.37. The van der Waals surface area contributed by atoms with Gasteiger partial charge in [0.2, 0.25) is 10.0 Å². The van der Waals surface area contributed by atoms with E-state index < -0.39 is 27.7 Å². The van der Waals surface area contributed by atoms with E-state index in [-0.39, 0.29) is 0 Å². The summed E-state index contributed by atoms with van der Waals surface area (Å²) in [6, 6.07) is 15.6. The molecule has 1 aliphatic heterocycles. The van der Waals surface area contributed by atoms with Crippen molar-refractivity contribution >= 4 is 32.6 Å². The molecular weight excluding hydrogens is 552 g/mol. The summed E-state index contributed by atoms with van der Waals surface area (Å²) in [6.07, 6.45) is 3.17. The first-order valence-corrected chi connectivity index (χ1v) is 15.8. The molecule has 1 atom stereocenters. The van der Waals surface area contributed by atoms with Crippen molar-refractivity contribution in [3.8, 4) is 28.0 Å². The normalized spacial score (nSPS) is 14.2. The summed E-state index contributed by atoms with van der Waals surface area (Å²) in [4.78, 5) is 17.5. The van der Waals surface area contributed by atoms with Gasteiger partial charge in [-0.2, -0.15) is 0 Å². The van der Waals surface area contributed by atoms with Gasteiger partial charge in [-0.1, -0.05) is 24.3 Å². The second-order valence-corrected chi connectivity index (χ2v) is 13.6. The summed E-state index contributed by atoms with van der Waals surface area (Å²) in [6.45, 7) is 9.68. The van der Waals surface area contributed by atoms with E-state index >= 15 is 0 Å². The standard InChI is InChI=1S/C33H36N2O6S/c1-19-27(23-13-14-26-22(17-23)11-9-15-40-26)29(31(32(36)37)41-33(3,4)5)20(2)30(35-42(6,38)39)28(19)24-16-21-10-7-8-12-25(21)34-18-24/h7-8,10,12-14,16-18,31,35H,9,11,15H2,1-6H3,(H,36,37). The molecule has 5 rings (SSSR count). The van der Waals surface area contributed by atoms with Gasteiger partial charge < -0.3 is 14.6 Å². The van der Waals surface area contributed by atoms with Crippen molar-refractivity contribution in [2.24, 2.45) is 0 Å². The Balaban J connectivity index is 1.91. The number of fused-ring (bicyclic) bond motifs is 2. The molecule has 3 aromatic carbocycles. The molecule has 0 saturated heterocycles. The number of benzene rings is 3. The smallest absolute Gasteiger partial charge is 0.337 e. The van der Waals surface area contributed by atoms with Crippen LogP contribution in [0.2, 0.25) is 0 Å². The molecule has 0 radical (unpaired) electrons. The highest BCUT2D eigenvalue weighted by Crippen LogP contribution is 2.47. The summed E-state index contributed by atoms with van der Waals surface area (Å²) in [5.74, 6) is -0.351. The maximum Gasteiger partial charge on any atom is 0.337 e. The fourth-order valence-electron chi connectivity index (χ4n) is 5.71. The molecule has 9 heteroatoms. The predicted molar refractivity (Wildman–Crippen MR) is 166 cm³/mol. The average molecular weight is 589 g/mol. The lowest BCUT2D eigenvalue weighted by molar-refractivity contribution is -0.160. The van der Waals surface area contributed by atoms with Crippen LogP contribution in [0.25, 0.3) is 33.2 Å². The molecule has 0 fully saturated rings. The second kappa shape index (κ2) is 11.0. The number of anilines is 1. The molecule has 8 nitrogen and oxygen atoms in total. The van der Waals surface area contributed by atoms with E-state index in [1.165, 1.54) is 0 Å². The maximum atomic E-state index is 12.9. The topological polar surface area (TPSA) is 115 Å². The number of aliphatic carboxylic acids is 1. The minimum Gasteiger partial charge on any atom is -0.493 e. The van der Waals surface area contributed by atoms with E-state index in [1.807, 2.05) is 55.5 Å². The van der Waals surface area contributed by atoms with Crippen LogP contribution in [0.4, 0.5) is 5.69 Å². The maximum absolute atomic E-state index is 12.9. The highest BCUT2D eigenvalue weighted by Gasteiger charge is 2.34. The van der Waals surface area contributed by atoms with Crippen LogP contribution in [0, 0.1) is 13.8 Å². The van der Waals surface area contributed by atoms with E-state index in [4.69, 9.17) is 9.47 Å². The number of aryl methyl sites for hydroxylation is 1. The van der Waals surface area contributed by atoms with Gasteiger partial charge in [0.1, 0.15) is 5.75 Å². The number of para-hydroxylation sites is 1. The van der Waals surface area contributed by atoms with Crippen LogP contribution in [0.1, 0.15) is 55.5 Å². The number of carboxylic acid groups (broad SMARTS) is 1. The molecule has 42 heavy (non-hydrogen) atoms. The van der Waals surface area contributed by atoms with Crippen LogP contribution in [-0.4, -0.2) is 42.9 Å². The summed E-state index contributed by atoms with van der Waals surface area (Å²) in [7, 11) is -3.75. The van der Waals surface area contributed by atoms with E-state index in [1.54, 1.807) is 33.9 Å². The molecule has 0 bridgehead atoms. The van der Waals surface area contributed by atoms with Crippen LogP contribution in [0.5, 0.6) is 5.75 Å². The molecule has 0 amide bonds. The van der Waals surface area contributed by atoms with E-state index in [9.17, 15) is 18.3 Å². The number of hydrogen-bond donors (Lipinski definition) is 2. The van der Waals surface area contributed by atoms with Gasteiger partial charge >= 0.3 is 5.97 Å². The number of ether oxygens (including phenoxy) is 2. The number of rotatable bonds is 7. The zero-order valence-corrected chi connectivity index (χ0v) is 25.6. The van der Waals surface area contributed by atoms with Crippen LogP contribution >= 0.6 is 0 Å². The molecule has 220 valence electrons. The first-order valence-electron chi connectivity index (χ1n) is 13.9. The molecule has 1 aliphatic rings. The SMILES string of the molecule is Cc1c(-c2cnc3ccccc3c2)c(NS(C)(=O)=O)c(C)c(C(OC(C)(C)C)C(=O)O)c1-c1ccc2c(c1)CCCO2. The Kier molecular flexibility index (Phi) is 7.76. The largest absolute Gasteiger partial charge is 0.493 e. The van der Waals surface area contributed by atoms with Gasteiger partial charge in [0.05, 0.1) is 29.7 Å². The first-order chi connectivity index (χ1) is 19.7. The molecule has 0 aliphatic carbocycles. The van der Waals surface area contributed by atoms with Crippen molar-refractivity contribution in [3.05, 3.63) is 77.0 Å². The number of carbonyl (C=O) groups is 1. The molecular formula is C33H36N2O6S. The Morgan fingerprint density at radius 2 is 1.79 bits per heavy atom. The lowest BCUT2D eigenvalue weighted by atomic mass is 9.82.